The zero-order valence-corrected chi connectivity index (χ0v) is 49.6. The van der Waals surface area contributed by atoms with E-state index in [1.807, 2.05) is 21.1 Å². The van der Waals surface area contributed by atoms with Crippen LogP contribution in [0.15, 0.2) is 0 Å². The van der Waals surface area contributed by atoms with E-state index in [4.69, 9.17) is 18.9 Å². The Labute approximate surface area is 453 Å². The third kappa shape index (κ3) is 57.8. The van der Waals surface area contributed by atoms with E-state index in [2.05, 4.69) is 13.8 Å². The second-order valence-corrected chi connectivity index (χ2v) is 23.4. The number of quaternary nitrogens is 1. The lowest BCUT2D eigenvalue weighted by molar-refractivity contribution is -0.870. The summed E-state index contributed by atoms with van der Waals surface area (Å²) in [6.07, 6.45) is 62.2. The molecule has 0 spiro atoms. The maximum Gasteiger partial charge on any atom is 0.361 e. The number of likely N-dealkylation sites (N-methyl/N-ethyl adjacent to an activating group) is 1. The van der Waals surface area contributed by atoms with Crippen molar-refractivity contribution in [3.63, 3.8) is 0 Å². The van der Waals surface area contributed by atoms with Gasteiger partial charge < -0.3 is 28.5 Å². The van der Waals surface area contributed by atoms with Crippen molar-refractivity contribution in [3.05, 3.63) is 0 Å². The molecule has 434 valence electrons. The van der Waals surface area contributed by atoms with Crippen LogP contribution in [0.2, 0.25) is 0 Å². The second kappa shape index (κ2) is 56.5. The van der Waals surface area contributed by atoms with E-state index in [1.54, 1.807) is 0 Å². The lowest BCUT2D eigenvalue weighted by Crippen LogP contribution is -2.40. The fourth-order valence-corrected chi connectivity index (χ4v) is 9.90. The zero-order valence-electron chi connectivity index (χ0n) is 49.6. The molecule has 0 radical (unpaired) electrons. The third-order valence-corrected chi connectivity index (χ3v) is 14.9. The normalized spacial score (nSPS) is 12.6. The third-order valence-electron chi connectivity index (χ3n) is 14.9. The molecular weight excluding hydrogens is 911 g/mol. The largest absolute Gasteiger partial charge is 0.477 e. The predicted molar refractivity (Wildman–Crippen MR) is 309 cm³/mol. The predicted octanol–water partition coefficient (Wildman–Crippen LogP) is 19.1. The molecule has 0 aromatic rings. The molecule has 73 heavy (non-hydrogen) atoms. The molecule has 0 amide bonds. The van der Waals surface area contributed by atoms with E-state index in [9.17, 15) is 19.5 Å². The molecule has 2 unspecified atom stereocenters. The van der Waals surface area contributed by atoms with Crippen LogP contribution in [-0.2, 0) is 33.3 Å². The summed E-state index contributed by atoms with van der Waals surface area (Å²) >= 11 is 0. The fraction of sp³-hybridized carbons (Fsp3) is 0.953. The zero-order chi connectivity index (χ0) is 53.4. The first-order valence-corrected chi connectivity index (χ1v) is 32.2. The highest BCUT2D eigenvalue weighted by Gasteiger charge is 2.25. The molecule has 0 rings (SSSR count). The number of rotatable bonds is 61. The van der Waals surface area contributed by atoms with Gasteiger partial charge in [0.15, 0.2) is 6.10 Å². The molecule has 9 nitrogen and oxygen atoms in total. The fourth-order valence-electron chi connectivity index (χ4n) is 9.90. The highest BCUT2D eigenvalue weighted by atomic mass is 16.7. The molecule has 2 atom stereocenters. The summed E-state index contributed by atoms with van der Waals surface area (Å²) in [5.74, 6) is -1.97. The first-order chi connectivity index (χ1) is 35.6. The summed E-state index contributed by atoms with van der Waals surface area (Å²) in [6.45, 7) is 4.94. The van der Waals surface area contributed by atoms with Gasteiger partial charge in [0.1, 0.15) is 13.2 Å². The number of carboxylic acids is 1. The average Bonchev–Trinajstić information content (AvgIpc) is 3.36. The van der Waals surface area contributed by atoms with Crippen LogP contribution in [0.1, 0.15) is 335 Å². The number of esters is 2. The Hall–Kier alpha value is -1.71. The van der Waals surface area contributed by atoms with E-state index in [0.717, 1.165) is 38.5 Å². The van der Waals surface area contributed by atoms with E-state index in [0.29, 0.717) is 17.4 Å². The van der Waals surface area contributed by atoms with Crippen molar-refractivity contribution in [1.29, 1.82) is 0 Å². The van der Waals surface area contributed by atoms with Crippen LogP contribution in [0.25, 0.3) is 0 Å². The molecule has 1 N–H and O–H groups in total. The van der Waals surface area contributed by atoms with Crippen LogP contribution in [0, 0.1) is 0 Å². The van der Waals surface area contributed by atoms with Crippen molar-refractivity contribution in [2.75, 3.05) is 47.5 Å². The molecule has 0 bridgehead atoms. The highest BCUT2D eigenvalue weighted by molar-refractivity contribution is 5.71. The molecule has 0 aliphatic rings. The van der Waals surface area contributed by atoms with Gasteiger partial charge >= 0.3 is 17.9 Å². The highest BCUT2D eigenvalue weighted by Crippen LogP contribution is 2.19. The van der Waals surface area contributed by atoms with Gasteiger partial charge in [-0.2, -0.15) is 0 Å². The second-order valence-electron chi connectivity index (χ2n) is 23.4. The minimum atomic E-state index is -1.50. The quantitative estimate of drug-likeness (QED) is 0.0278. The first-order valence-electron chi connectivity index (χ1n) is 32.2. The van der Waals surface area contributed by atoms with Crippen molar-refractivity contribution in [2.24, 2.45) is 0 Å². The Morgan fingerprint density at radius 2 is 0.616 bits per heavy atom. The van der Waals surface area contributed by atoms with Crippen molar-refractivity contribution in [2.45, 2.75) is 347 Å². The summed E-state index contributed by atoms with van der Waals surface area (Å²) in [7, 11) is 5.98. The Balaban J connectivity index is 3.94. The van der Waals surface area contributed by atoms with E-state index in [-0.39, 0.29) is 38.2 Å². The van der Waals surface area contributed by atoms with Gasteiger partial charge in [0, 0.05) is 12.8 Å². The SMILES string of the molecule is CCCCCCCCCCCCCCCCCCCCCCCCCCCCCCCCCCCCCC(=O)OC(COC(=O)CCCCCCCCCCCCCCC)COC(OCC[N+](C)(C)C)C(=O)O. The summed E-state index contributed by atoms with van der Waals surface area (Å²) < 4.78 is 22.9. The summed E-state index contributed by atoms with van der Waals surface area (Å²) in [6, 6.07) is 0. The maximum atomic E-state index is 12.9. The minimum absolute atomic E-state index is 0.173. The van der Waals surface area contributed by atoms with E-state index >= 15 is 0 Å². The molecule has 0 aromatic heterocycles. The van der Waals surface area contributed by atoms with Gasteiger partial charge in [-0.05, 0) is 12.8 Å². The first kappa shape index (κ1) is 71.3. The van der Waals surface area contributed by atoms with Crippen LogP contribution < -0.4 is 0 Å². The van der Waals surface area contributed by atoms with Crippen LogP contribution in [-0.4, -0.2) is 87.4 Å². The molecule has 0 saturated heterocycles. The minimum Gasteiger partial charge on any atom is -0.477 e. The number of carbonyl (C=O) groups excluding carboxylic acids is 2. The molecule has 9 heteroatoms. The van der Waals surface area contributed by atoms with Crippen LogP contribution in [0.5, 0.6) is 0 Å². The van der Waals surface area contributed by atoms with Crippen molar-refractivity contribution >= 4 is 17.9 Å². The van der Waals surface area contributed by atoms with E-state index in [1.165, 1.54) is 270 Å². The Morgan fingerprint density at radius 3 is 0.877 bits per heavy atom. The summed E-state index contributed by atoms with van der Waals surface area (Å²) in [4.78, 5) is 37.4. The topological polar surface area (TPSA) is 108 Å². The maximum absolute atomic E-state index is 12.9. The molecule has 0 heterocycles. The lowest BCUT2D eigenvalue weighted by atomic mass is 10.0. The van der Waals surface area contributed by atoms with Crippen LogP contribution >= 0.6 is 0 Å². The Morgan fingerprint density at radius 1 is 0.356 bits per heavy atom. The molecule has 0 saturated carbocycles. The number of unbranched alkanes of at least 4 members (excludes halogenated alkanes) is 46. The van der Waals surface area contributed by atoms with Gasteiger partial charge in [0.2, 0.25) is 0 Å². The molecule has 0 aliphatic heterocycles. The number of carbonyl (C=O) groups is 3. The van der Waals surface area contributed by atoms with Crippen LogP contribution in [0.3, 0.4) is 0 Å². The summed E-state index contributed by atoms with van der Waals surface area (Å²) in [5, 5.41) is 9.70. The van der Waals surface area contributed by atoms with Crippen molar-refractivity contribution < 1.29 is 42.9 Å². The number of aliphatic carboxylic acids is 1. The van der Waals surface area contributed by atoms with Crippen molar-refractivity contribution in [1.82, 2.24) is 0 Å². The van der Waals surface area contributed by atoms with E-state index < -0.39 is 18.4 Å². The van der Waals surface area contributed by atoms with Gasteiger partial charge in [-0.1, -0.05) is 309 Å². The monoisotopic (exact) mass is 1040 g/mol. The van der Waals surface area contributed by atoms with Gasteiger partial charge in [0.25, 0.3) is 6.29 Å². The summed E-state index contributed by atoms with van der Waals surface area (Å²) in [5.41, 5.74) is 0. The van der Waals surface area contributed by atoms with Gasteiger partial charge in [-0.3, -0.25) is 9.59 Å². The average molecular weight is 1040 g/mol. The molecule has 0 fully saturated rings. The molecule has 0 aromatic carbocycles. The Bertz CT molecular complexity index is 1160. The number of hydrogen-bond donors (Lipinski definition) is 1. The number of ether oxygens (including phenoxy) is 4. The van der Waals surface area contributed by atoms with Gasteiger partial charge in [-0.15, -0.1) is 0 Å². The standard InChI is InChI=1S/C64H125NO8/c1-6-8-10-12-14-16-18-20-21-22-23-24-25-26-27-28-29-30-31-32-33-34-35-36-37-38-39-40-41-43-45-47-49-51-53-55-62(67)73-60(59-72-64(63(68)69)70-57-56-65(3,4)5)58-71-61(66)54-52-50-48-46-44-42-19-17-15-13-11-9-7-2/h60,64H,6-59H2,1-5H3/p+1. The van der Waals surface area contributed by atoms with Crippen molar-refractivity contribution in [3.8, 4) is 0 Å². The number of hydrogen-bond acceptors (Lipinski definition) is 7. The van der Waals surface area contributed by atoms with Gasteiger partial charge in [0.05, 0.1) is 34.4 Å². The smallest absolute Gasteiger partial charge is 0.361 e. The van der Waals surface area contributed by atoms with Crippen LogP contribution in [0.4, 0.5) is 0 Å². The van der Waals surface area contributed by atoms with Gasteiger partial charge in [-0.25, -0.2) is 4.79 Å². The number of carboxylic acid groups (broad SMARTS) is 1. The lowest BCUT2D eigenvalue weighted by Gasteiger charge is -2.25. The Kier molecular flexibility index (Phi) is 55.2. The molecular formula is C64H126NO8+. The molecule has 0 aliphatic carbocycles. The number of nitrogens with zero attached hydrogens (tertiary/aromatic N) is 1.